The highest BCUT2D eigenvalue weighted by Gasteiger charge is 2.22. The van der Waals surface area contributed by atoms with Crippen LogP contribution in [0.1, 0.15) is 17.8 Å². The topological polar surface area (TPSA) is 50.3 Å². The molecule has 1 aromatic rings. The van der Waals surface area contributed by atoms with Crippen LogP contribution in [-0.4, -0.2) is 43.3 Å². The van der Waals surface area contributed by atoms with Crippen molar-refractivity contribution in [3.8, 4) is 0 Å². The average Bonchev–Trinajstić information content (AvgIpc) is 2.81. The van der Waals surface area contributed by atoms with Gasteiger partial charge in [0.1, 0.15) is 0 Å². The smallest absolute Gasteiger partial charge is 0.225 e. The van der Waals surface area contributed by atoms with Gasteiger partial charge in [-0.3, -0.25) is 0 Å². The summed E-state index contributed by atoms with van der Waals surface area (Å²) >= 11 is 0. The number of hydrogen-bond acceptors (Lipinski definition) is 5. The Hall–Kier alpha value is -1.20. The van der Waals surface area contributed by atoms with Gasteiger partial charge < -0.3 is 15.0 Å². The van der Waals surface area contributed by atoms with Crippen LogP contribution >= 0.6 is 0 Å². The lowest BCUT2D eigenvalue weighted by molar-refractivity contribution is 0.193. The summed E-state index contributed by atoms with van der Waals surface area (Å²) in [5, 5.41) is 3.11. The summed E-state index contributed by atoms with van der Waals surface area (Å²) in [6, 6.07) is 2.41. The summed E-state index contributed by atoms with van der Waals surface area (Å²) < 4.78 is 5.40. The molecule has 1 fully saturated rings. The van der Waals surface area contributed by atoms with E-state index in [0.717, 1.165) is 43.5 Å². The summed E-state index contributed by atoms with van der Waals surface area (Å²) in [7, 11) is 3.96. The minimum atomic E-state index is 0.402. The number of anilines is 1. The largest absolute Gasteiger partial charge is 0.379 e. The van der Waals surface area contributed by atoms with Crippen LogP contribution < -0.4 is 10.2 Å². The predicted octanol–water partition coefficient (Wildman–Crippen LogP) is 0.730. The fraction of sp³-hybridized carbons (Fsp3) is 0.667. The maximum absolute atomic E-state index is 5.40. The normalized spacial score (nSPS) is 19.6. The molecule has 94 valence electrons. The van der Waals surface area contributed by atoms with Crippen LogP contribution in [0.5, 0.6) is 0 Å². The molecule has 1 aliphatic heterocycles. The van der Waals surface area contributed by atoms with E-state index >= 15 is 0 Å². The minimum absolute atomic E-state index is 0.402. The van der Waals surface area contributed by atoms with Gasteiger partial charge in [0, 0.05) is 25.9 Å². The zero-order chi connectivity index (χ0) is 12.3. The molecule has 1 saturated heterocycles. The van der Waals surface area contributed by atoms with E-state index in [1.807, 2.05) is 27.1 Å². The number of aromatic nitrogens is 2. The van der Waals surface area contributed by atoms with Crippen LogP contribution in [0.25, 0.3) is 0 Å². The Bertz CT molecular complexity index is 377. The van der Waals surface area contributed by atoms with Crippen molar-refractivity contribution in [2.45, 2.75) is 25.9 Å². The molecule has 1 aliphatic rings. The van der Waals surface area contributed by atoms with Gasteiger partial charge in [-0.05, 0) is 26.5 Å². The van der Waals surface area contributed by atoms with E-state index in [9.17, 15) is 0 Å². The molecule has 0 aliphatic carbocycles. The van der Waals surface area contributed by atoms with Crippen LogP contribution in [0.2, 0.25) is 0 Å². The van der Waals surface area contributed by atoms with Gasteiger partial charge in [0.15, 0.2) is 0 Å². The summed E-state index contributed by atoms with van der Waals surface area (Å²) in [6.07, 6.45) is 1.05. The van der Waals surface area contributed by atoms with Crippen LogP contribution in [-0.2, 0) is 11.3 Å². The molecule has 5 nitrogen and oxygen atoms in total. The first-order valence-corrected chi connectivity index (χ1v) is 6.00. The maximum Gasteiger partial charge on any atom is 0.225 e. The van der Waals surface area contributed by atoms with Crippen LogP contribution in [0, 0.1) is 6.92 Å². The zero-order valence-corrected chi connectivity index (χ0v) is 10.7. The second kappa shape index (κ2) is 5.42. The quantitative estimate of drug-likeness (QED) is 0.835. The van der Waals surface area contributed by atoms with Crippen molar-refractivity contribution < 1.29 is 4.74 Å². The van der Waals surface area contributed by atoms with Crippen LogP contribution in [0.3, 0.4) is 0 Å². The zero-order valence-electron chi connectivity index (χ0n) is 10.7. The summed E-state index contributed by atoms with van der Waals surface area (Å²) in [6.45, 7) is 4.38. The van der Waals surface area contributed by atoms with Gasteiger partial charge in [0.05, 0.1) is 18.3 Å². The third-order valence-electron chi connectivity index (χ3n) is 3.02. The highest BCUT2D eigenvalue weighted by atomic mass is 16.5. The first-order chi connectivity index (χ1) is 8.20. The molecule has 2 rings (SSSR count). The van der Waals surface area contributed by atoms with Gasteiger partial charge in [-0.2, -0.15) is 0 Å². The molecule has 1 atom stereocenters. The van der Waals surface area contributed by atoms with Crippen molar-refractivity contribution in [1.29, 1.82) is 0 Å². The highest BCUT2D eigenvalue weighted by molar-refractivity contribution is 5.33. The molecule has 5 heteroatoms. The number of nitrogens with one attached hydrogen (secondary N) is 1. The number of hydrogen-bond donors (Lipinski definition) is 1. The fourth-order valence-corrected chi connectivity index (χ4v) is 2.04. The second-order valence-corrected chi connectivity index (χ2v) is 4.46. The van der Waals surface area contributed by atoms with Gasteiger partial charge in [0.25, 0.3) is 0 Å². The van der Waals surface area contributed by atoms with Crippen molar-refractivity contribution in [2.24, 2.45) is 0 Å². The van der Waals surface area contributed by atoms with Gasteiger partial charge in [-0.1, -0.05) is 0 Å². The van der Waals surface area contributed by atoms with E-state index in [4.69, 9.17) is 4.74 Å². The van der Waals surface area contributed by atoms with Crippen LogP contribution in [0.15, 0.2) is 6.07 Å². The second-order valence-electron chi connectivity index (χ2n) is 4.46. The lowest BCUT2D eigenvalue weighted by Gasteiger charge is -2.23. The van der Waals surface area contributed by atoms with Gasteiger partial charge in [-0.25, -0.2) is 9.97 Å². The Morgan fingerprint density at radius 3 is 3.00 bits per heavy atom. The Kier molecular flexibility index (Phi) is 3.91. The molecule has 0 bridgehead atoms. The number of aryl methyl sites for hydroxylation is 1. The average molecular weight is 236 g/mol. The van der Waals surface area contributed by atoms with Gasteiger partial charge in [0.2, 0.25) is 5.95 Å². The number of ether oxygens (including phenoxy) is 1. The van der Waals surface area contributed by atoms with E-state index in [-0.39, 0.29) is 0 Å². The van der Waals surface area contributed by atoms with E-state index in [1.54, 1.807) is 0 Å². The Morgan fingerprint density at radius 1 is 1.53 bits per heavy atom. The highest BCUT2D eigenvalue weighted by Crippen LogP contribution is 2.17. The molecule has 0 amide bonds. The van der Waals surface area contributed by atoms with Crippen molar-refractivity contribution in [3.05, 3.63) is 17.5 Å². The number of rotatable bonds is 4. The van der Waals surface area contributed by atoms with Crippen molar-refractivity contribution >= 4 is 5.95 Å². The predicted molar refractivity (Wildman–Crippen MR) is 67.2 cm³/mol. The summed E-state index contributed by atoms with van der Waals surface area (Å²) in [5.41, 5.74) is 2.03. The van der Waals surface area contributed by atoms with Crippen molar-refractivity contribution in [2.75, 3.05) is 32.2 Å². The number of likely N-dealkylation sites (N-methyl/N-ethyl adjacent to an activating group) is 1. The van der Waals surface area contributed by atoms with Crippen molar-refractivity contribution in [3.63, 3.8) is 0 Å². The standard InChI is InChI=1S/C12H20N4O/c1-9-6-10(7-13-2)15-12(14-9)16(3)11-4-5-17-8-11/h6,11,13H,4-5,7-8H2,1-3H3. The fourth-order valence-electron chi connectivity index (χ4n) is 2.04. The monoisotopic (exact) mass is 236 g/mol. The first-order valence-electron chi connectivity index (χ1n) is 6.00. The molecule has 2 heterocycles. The summed E-state index contributed by atoms with van der Waals surface area (Å²) in [5.74, 6) is 0.797. The van der Waals surface area contributed by atoms with E-state index in [2.05, 4.69) is 20.2 Å². The molecule has 0 aromatic carbocycles. The van der Waals surface area contributed by atoms with Crippen molar-refractivity contribution in [1.82, 2.24) is 15.3 Å². The Morgan fingerprint density at radius 2 is 2.35 bits per heavy atom. The number of nitrogens with zero attached hydrogens (tertiary/aromatic N) is 3. The Labute approximate surface area is 102 Å². The SMILES string of the molecule is CNCc1cc(C)nc(N(C)C2CCOC2)n1. The molecule has 1 aromatic heterocycles. The summed E-state index contributed by atoms with van der Waals surface area (Å²) in [4.78, 5) is 11.2. The molecule has 0 spiro atoms. The van der Waals surface area contributed by atoms with Gasteiger partial charge >= 0.3 is 0 Å². The van der Waals surface area contributed by atoms with E-state index in [0.29, 0.717) is 6.04 Å². The molecular weight excluding hydrogens is 216 g/mol. The first kappa shape index (κ1) is 12.3. The molecule has 0 saturated carbocycles. The Balaban J connectivity index is 2.18. The molecule has 1 N–H and O–H groups in total. The third-order valence-corrected chi connectivity index (χ3v) is 3.02. The van der Waals surface area contributed by atoms with Crippen LogP contribution in [0.4, 0.5) is 5.95 Å². The van der Waals surface area contributed by atoms with E-state index < -0.39 is 0 Å². The lowest BCUT2D eigenvalue weighted by Crippen LogP contribution is -2.33. The van der Waals surface area contributed by atoms with Gasteiger partial charge in [-0.15, -0.1) is 0 Å². The molecule has 17 heavy (non-hydrogen) atoms. The molecule has 1 unspecified atom stereocenters. The maximum atomic E-state index is 5.40. The molecular formula is C12H20N4O. The molecule has 0 radical (unpaired) electrons. The lowest BCUT2D eigenvalue weighted by atomic mass is 10.2. The minimum Gasteiger partial charge on any atom is -0.379 e. The third kappa shape index (κ3) is 2.92. The van der Waals surface area contributed by atoms with E-state index in [1.165, 1.54) is 0 Å².